The van der Waals surface area contributed by atoms with Crippen molar-refractivity contribution in [3.63, 3.8) is 0 Å². The lowest BCUT2D eigenvalue weighted by atomic mass is 10.1. The largest absolute Gasteiger partial charge is 0.478 e. The van der Waals surface area contributed by atoms with E-state index < -0.39 is 12.0 Å². The van der Waals surface area contributed by atoms with Crippen LogP contribution in [0.3, 0.4) is 0 Å². The minimum absolute atomic E-state index is 0.118. The topological polar surface area (TPSA) is 98.7 Å². The molecule has 0 saturated carbocycles. The Morgan fingerprint density at radius 3 is 2.45 bits per heavy atom. The summed E-state index contributed by atoms with van der Waals surface area (Å²) in [6.07, 6.45) is 0. The molecule has 7 heteroatoms. The molecule has 20 heavy (non-hydrogen) atoms. The highest BCUT2D eigenvalue weighted by Crippen LogP contribution is 2.18. The van der Waals surface area contributed by atoms with Gasteiger partial charge in [-0.05, 0) is 24.6 Å². The molecule has 3 amide bonds. The molecule has 1 aromatic rings. The molecule has 108 valence electrons. The number of carboxylic acid groups (broad SMARTS) is 1. The maximum absolute atomic E-state index is 11.6. The molecule has 0 atom stereocenters. The fraction of sp³-hybridized carbons (Fsp3) is 0.308. The van der Waals surface area contributed by atoms with Gasteiger partial charge in [-0.1, -0.05) is 6.07 Å². The number of carbonyl (C=O) groups is 3. The van der Waals surface area contributed by atoms with Crippen LogP contribution in [0, 0.1) is 6.92 Å². The van der Waals surface area contributed by atoms with Gasteiger partial charge in [0.05, 0.1) is 12.1 Å². The zero-order valence-corrected chi connectivity index (χ0v) is 11.6. The van der Waals surface area contributed by atoms with Crippen molar-refractivity contribution in [2.45, 2.75) is 6.92 Å². The number of hydrogen-bond donors (Lipinski definition) is 3. The normalized spacial score (nSPS) is 9.75. The van der Waals surface area contributed by atoms with Crippen molar-refractivity contribution < 1.29 is 19.5 Å². The Kier molecular flexibility index (Phi) is 5.08. The van der Waals surface area contributed by atoms with Crippen LogP contribution in [0.25, 0.3) is 0 Å². The van der Waals surface area contributed by atoms with Gasteiger partial charge in [-0.3, -0.25) is 4.79 Å². The molecule has 0 aliphatic heterocycles. The molecule has 0 unspecified atom stereocenters. The molecule has 0 aromatic heterocycles. The van der Waals surface area contributed by atoms with Gasteiger partial charge < -0.3 is 20.6 Å². The second-order valence-corrected chi connectivity index (χ2v) is 4.38. The summed E-state index contributed by atoms with van der Waals surface area (Å²) in [6.45, 7) is 1.47. The Morgan fingerprint density at radius 1 is 1.25 bits per heavy atom. The predicted molar refractivity (Wildman–Crippen MR) is 73.9 cm³/mol. The Bertz CT molecular complexity index is 540. The van der Waals surface area contributed by atoms with E-state index in [4.69, 9.17) is 5.11 Å². The number of anilines is 1. The summed E-state index contributed by atoms with van der Waals surface area (Å²) in [6, 6.07) is 4.02. The van der Waals surface area contributed by atoms with Crippen molar-refractivity contribution in [1.82, 2.24) is 10.2 Å². The summed E-state index contributed by atoms with van der Waals surface area (Å²) >= 11 is 0. The van der Waals surface area contributed by atoms with Crippen molar-refractivity contribution in [3.05, 3.63) is 29.3 Å². The van der Waals surface area contributed by atoms with Crippen LogP contribution in [0.5, 0.6) is 0 Å². The molecule has 7 nitrogen and oxygen atoms in total. The molecule has 0 aliphatic carbocycles. The molecule has 1 aromatic carbocycles. The highest BCUT2D eigenvalue weighted by atomic mass is 16.4. The maximum Gasteiger partial charge on any atom is 0.336 e. The Balaban J connectivity index is 2.70. The highest BCUT2D eigenvalue weighted by Gasteiger charge is 2.12. The molecule has 0 fully saturated rings. The van der Waals surface area contributed by atoms with Gasteiger partial charge in [0, 0.05) is 19.8 Å². The molecular weight excluding hydrogens is 262 g/mol. The summed E-state index contributed by atoms with van der Waals surface area (Å²) in [5.74, 6) is -1.30. The quantitative estimate of drug-likeness (QED) is 0.762. The molecule has 0 bridgehead atoms. The van der Waals surface area contributed by atoms with Crippen LogP contribution in [0.1, 0.15) is 15.9 Å². The van der Waals surface area contributed by atoms with Crippen molar-refractivity contribution in [1.29, 1.82) is 0 Å². The maximum atomic E-state index is 11.6. The lowest BCUT2D eigenvalue weighted by molar-refractivity contribution is -0.127. The Morgan fingerprint density at radius 2 is 1.90 bits per heavy atom. The molecule has 0 heterocycles. The van der Waals surface area contributed by atoms with Gasteiger partial charge in [0.15, 0.2) is 0 Å². The van der Waals surface area contributed by atoms with Gasteiger partial charge in [-0.15, -0.1) is 0 Å². The number of likely N-dealkylation sites (N-methyl/N-ethyl adjacent to an activating group) is 1. The third kappa shape index (κ3) is 3.98. The van der Waals surface area contributed by atoms with E-state index in [2.05, 4.69) is 10.6 Å². The number of carboxylic acids is 1. The number of nitrogens with one attached hydrogen (secondary N) is 2. The highest BCUT2D eigenvalue weighted by molar-refractivity contribution is 5.96. The van der Waals surface area contributed by atoms with Gasteiger partial charge in [0.2, 0.25) is 5.91 Å². The molecular formula is C13H17N3O4. The van der Waals surface area contributed by atoms with Crippen LogP contribution >= 0.6 is 0 Å². The molecule has 0 spiro atoms. The molecule has 0 aliphatic rings. The SMILES string of the molecule is Cc1c(NC(=O)NCC(=O)N(C)C)cccc1C(=O)O. The smallest absolute Gasteiger partial charge is 0.336 e. The van der Waals surface area contributed by atoms with Crippen LogP contribution < -0.4 is 10.6 Å². The minimum Gasteiger partial charge on any atom is -0.478 e. The zero-order valence-electron chi connectivity index (χ0n) is 11.6. The van der Waals surface area contributed by atoms with Crippen molar-refractivity contribution in [2.24, 2.45) is 0 Å². The average Bonchev–Trinajstić information content (AvgIpc) is 2.37. The van der Waals surface area contributed by atoms with Gasteiger partial charge >= 0.3 is 12.0 Å². The van der Waals surface area contributed by atoms with Crippen molar-refractivity contribution in [3.8, 4) is 0 Å². The number of hydrogen-bond acceptors (Lipinski definition) is 3. The molecule has 0 saturated heterocycles. The third-order valence-electron chi connectivity index (χ3n) is 2.71. The van der Waals surface area contributed by atoms with E-state index in [1.165, 1.54) is 17.0 Å². The zero-order chi connectivity index (χ0) is 15.3. The second kappa shape index (κ2) is 6.55. The van der Waals surface area contributed by atoms with Gasteiger partial charge in [0.25, 0.3) is 0 Å². The number of aromatic carboxylic acids is 1. The van der Waals surface area contributed by atoms with Crippen LogP contribution in [0.2, 0.25) is 0 Å². The standard InChI is InChI=1S/C13H17N3O4/c1-8-9(12(18)19)5-4-6-10(8)15-13(20)14-7-11(17)16(2)3/h4-6H,7H2,1-3H3,(H,18,19)(H2,14,15,20). The Labute approximate surface area is 116 Å². The lowest BCUT2D eigenvalue weighted by Gasteiger charge is -2.13. The number of nitrogens with zero attached hydrogens (tertiary/aromatic N) is 1. The fourth-order valence-corrected chi connectivity index (χ4v) is 1.48. The molecule has 0 radical (unpaired) electrons. The number of carbonyl (C=O) groups excluding carboxylic acids is 2. The van der Waals surface area contributed by atoms with Crippen LogP contribution in [-0.4, -0.2) is 48.6 Å². The first-order valence-electron chi connectivity index (χ1n) is 5.91. The molecule has 3 N–H and O–H groups in total. The van der Waals surface area contributed by atoms with E-state index in [9.17, 15) is 14.4 Å². The van der Waals surface area contributed by atoms with Crippen molar-refractivity contribution in [2.75, 3.05) is 26.0 Å². The van der Waals surface area contributed by atoms with Crippen LogP contribution in [0.4, 0.5) is 10.5 Å². The fourth-order valence-electron chi connectivity index (χ4n) is 1.48. The Hall–Kier alpha value is -2.57. The summed E-state index contributed by atoms with van der Waals surface area (Å²) in [5.41, 5.74) is 0.959. The summed E-state index contributed by atoms with van der Waals surface area (Å²) in [4.78, 5) is 35.3. The predicted octanol–water partition coefficient (Wildman–Crippen LogP) is 0.903. The number of rotatable bonds is 4. The summed E-state index contributed by atoms with van der Waals surface area (Å²) in [5, 5.41) is 13.9. The van der Waals surface area contributed by atoms with Gasteiger partial charge in [0.1, 0.15) is 0 Å². The average molecular weight is 279 g/mol. The first-order chi connectivity index (χ1) is 9.32. The van der Waals surface area contributed by atoms with E-state index in [0.29, 0.717) is 11.3 Å². The first kappa shape index (κ1) is 15.5. The van der Waals surface area contributed by atoms with E-state index >= 15 is 0 Å². The number of urea groups is 1. The summed E-state index contributed by atoms with van der Waals surface area (Å²) in [7, 11) is 3.17. The van der Waals surface area contributed by atoms with Crippen LogP contribution in [-0.2, 0) is 4.79 Å². The van der Waals surface area contributed by atoms with Gasteiger partial charge in [-0.25, -0.2) is 9.59 Å². The first-order valence-corrected chi connectivity index (χ1v) is 5.91. The van der Waals surface area contributed by atoms with E-state index in [0.717, 1.165) is 0 Å². The van der Waals surface area contributed by atoms with Gasteiger partial charge in [-0.2, -0.15) is 0 Å². The number of amides is 3. The summed E-state index contributed by atoms with van der Waals surface area (Å²) < 4.78 is 0. The third-order valence-corrected chi connectivity index (χ3v) is 2.71. The minimum atomic E-state index is -1.06. The van der Waals surface area contributed by atoms with Crippen LogP contribution in [0.15, 0.2) is 18.2 Å². The van der Waals surface area contributed by atoms with E-state index in [1.807, 2.05) is 0 Å². The second-order valence-electron chi connectivity index (χ2n) is 4.38. The van der Waals surface area contributed by atoms with Crippen molar-refractivity contribution >= 4 is 23.6 Å². The molecule has 1 rings (SSSR count). The number of benzene rings is 1. The lowest BCUT2D eigenvalue weighted by Crippen LogP contribution is -2.38. The monoisotopic (exact) mass is 279 g/mol. The van der Waals surface area contributed by atoms with E-state index in [1.54, 1.807) is 27.1 Å². The van der Waals surface area contributed by atoms with E-state index in [-0.39, 0.29) is 18.0 Å².